The molecule has 0 unspecified atom stereocenters. The first-order valence-corrected chi connectivity index (χ1v) is 16.2. The maximum absolute atomic E-state index is 12.6. The summed E-state index contributed by atoms with van der Waals surface area (Å²) in [5, 5.41) is 25.4. The van der Waals surface area contributed by atoms with E-state index in [0.29, 0.717) is 11.1 Å². The molecule has 0 radical (unpaired) electrons. The van der Waals surface area contributed by atoms with Crippen molar-refractivity contribution in [3.05, 3.63) is 57.6 Å². The molecule has 0 aromatic heterocycles. The van der Waals surface area contributed by atoms with Gasteiger partial charge in [-0.1, -0.05) is 119 Å². The fourth-order valence-corrected chi connectivity index (χ4v) is 3.93. The van der Waals surface area contributed by atoms with Crippen LogP contribution in [0.5, 0.6) is 11.5 Å². The van der Waals surface area contributed by atoms with Gasteiger partial charge in [0.1, 0.15) is 0 Å². The molecule has 0 aliphatic rings. The van der Waals surface area contributed by atoms with Gasteiger partial charge in [0.2, 0.25) is 0 Å². The number of hydrogen-bond donors (Lipinski definition) is 0. The number of halogens is 2. The maximum Gasteiger partial charge on any atom is 2.00 e. The summed E-state index contributed by atoms with van der Waals surface area (Å²) in [4.78, 5) is 8.75. The van der Waals surface area contributed by atoms with E-state index in [0.717, 1.165) is 11.1 Å². The topological polar surface area (TPSA) is 70.8 Å². The molecule has 7 heteroatoms. The van der Waals surface area contributed by atoms with E-state index < -0.39 is 0 Å². The van der Waals surface area contributed by atoms with Crippen LogP contribution in [0, 0.1) is 0 Å². The van der Waals surface area contributed by atoms with Gasteiger partial charge in [0, 0.05) is 24.5 Å². The Morgan fingerprint density at radius 3 is 1.00 bits per heavy atom. The van der Waals surface area contributed by atoms with E-state index in [1.54, 1.807) is 12.4 Å². The van der Waals surface area contributed by atoms with E-state index in [9.17, 15) is 10.2 Å². The van der Waals surface area contributed by atoms with Crippen molar-refractivity contribution in [3.8, 4) is 11.5 Å². The van der Waals surface area contributed by atoms with Gasteiger partial charge in [0.25, 0.3) is 0 Å². The van der Waals surface area contributed by atoms with E-state index in [4.69, 9.17) is 23.2 Å². The van der Waals surface area contributed by atoms with Crippen LogP contribution < -0.4 is 10.2 Å². The van der Waals surface area contributed by atoms with Crippen molar-refractivity contribution < 1.29 is 29.7 Å². The minimum Gasteiger partial charge on any atom is -0.872 e. The molecule has 4 nitrogen and oxygen atoms in total. The van der Waals surface area contributed by atoms with Gasteiger partial charge in [0.15, 0.2) is 0 Å². The van der Waals surface area contributed by atoms with Crippen molar-refractivity contribution in [1.29, 1.82) is 0 Å². The molecule has 44 heavy (non-hydrogen) atoms. The number of hydrogen-bond acceptors (Lipinski definition) is 4. The van der Waals surface area contributed by atoms with Crippen LogP contribution >= 0.6 is 23.2 Å². The minimum absolute atomic E-state index is 0. The second kappa shape index (κ2) is 18.1. The molecule has 0 N–H and O–H groups in total. The van der Waals surface area contributed by atoms with Crippen molar-refractivity contribution >= 4 is 35.6 Å². The second-order valence-corrected chi connectivity index (χ2v) is 16.5. The van der Waals surface area contributed by atoms with E-state index >= 15 is 0 Å². The Morgan fingerprint density at radius 1 is 0.568 bits per heavy atom. The molecule has 0 fully saturated rings. The molecule has 0 aliphatic carbocycles. The third kappa shape index (κ3) is 15.2. The number of nitrogens with zero attached hydrogens (tertiary/aromatic N) is 2. The van der Waals surface area contributed by atoms with Crippen molar-refractivity contribution in [3.63, 3.8) is 0 Å². The Balaban J connectivity index is 0. The first kappa shape index (κ1) is 44.7. The van der Waals surface area contributed by atoms with Gasteiger partial charge in [-0.15, -0.1) is 23.2 Å². The van der Waals surface area contributed by atoms with Crippen LogP contribution in [0.4, 0.5) is 0 Å². The normalized spacial score (nSPS) is 12.6. The van der Waals surface area contributed by atoms with E-state index in [1.165, 1.54) is 11.1 Å². The van der Waals surface area contributed by atoms with Gasteiger partial charge >= 0.3 is 19.5 Å². The number of aliphatic imine (C=N–C) groups is 2. The molecular weight excluding hydrogens is 641 g/mol. The summed E-state index contributed by atoms with van der Waals surface area (Å²) < 4.78 is 0. The smallest absolute Gasteiger partial charge is 0.872 e. The molecule has 0 saturated carbocycles. The average molecular weight is 699 g/mol. The molecule has 2 aromatic rings. The minimum atomic E-state index is -0.154. The van der Waals surface area contributed by atoms with E-state index in [1.807, 2.05) is 39.8 Å². The first-order valence-electron chi connectivity index (χ1n) is 15.2. The van der Waals surface area contributed by atoms with Crippen LogP contribution in [-0.2, 0) is 41.1 Å². The second-order valence-electron chi connectivity index (χ2n) is 15.7. The van der Waals surface area contributed by atoms with Crippen LogP contribution in [0.25, 0.3) is 0 Å². The molecule has 0 heterocycles. The molecule has 0 amide bonds. The molecule has 0 saturated heterocycles. The van der Waals surface area contributed by atoms with Gasteiger partial charge in [-0.25, -0.2) is 0 Å². The van der Waals surface area contributed by atoms with Gasteiger partial charge in [-0.05, 0) is 82.7 Å². The zero-order chi connectivity index (χ0) is 34.1. The zero-order valence-corrected chi connectivity index (χ0v) is 35.0. The van der Waals surface area contributed by atoms with Crippen molar-refractivity contribution in [2.24, 2.45) is 9.98 Å². The molecule has 0 spiro atoms. The standard InChI is InChI=1S/2C18H29NO.CH2Cl2.Zn/c2*1-12(2)19-11-13-9-14(17(3,4)5)10-15(16(13)20)18(6,7)8;2-1-3;/h2*9-12,20H,1-8H3;1H2;/q;;;+2/p-2. The summed E-state index contributed by atoms with van der Waals surface area (Å²) in [5.74, 6) is 0.213. The average Bonchev–Trinajstić information content (AvgIpc) is 2.80. The monoisotopic (exact) mass is 696 g/mol. The Kier molecular flexibility index (Phi) is 18.3. The molecule has 0 atom stereocenters. The van der Waals surface area contributed by atoms with Gasteiger partial charge in [0.05, 0.1) is 5.34 Å². The van der Waals surface area contributed by atoms with E-state index in [2.05, 4.69) is 105 Å². The number of alkyl halides is 2. The predicted octanol–water partition coefficient (Wildman–Crippen LogP) is 9.78. The van der Waals surface area contributed by atoms with Gasteiger partial charge < -0.3 is 10.2 Å². The van der Waals surface area contributed by atoms with Gasteiger partial charge in [-0.3, -0.25) is 9.98 Å². The maximum atomic E-state index is 12.6. The summed E-state index contributed by atoms with van der Waals surface area (Å²) in [6, 6.07) is 8.51. The summed E-state index contributed by atoms with van der Waals surface area (Å²) in [7, 11) is 0. The molecule has 2 rings (SSSR count). The number of benzene rings is 2. The summed E-state index contributed by atoms with van der Waals surface area (Å²) in [5.41, 5.74) is 5.26. The molecule has 2 aromatic carbocycles. The summed E-state index contributed by atoms with van der Waals surface area (Å²) >= 11 is 9.53. The molecule has 244 valence electrons. The fourth-order valence-electron chi connectivity index (χ4n) is 3.93. The number of rotatable bonds is 4. The van der Waals surface area contributed by atoms with Crippen LogP contribution in [0.1, 0.15) is 144 Å². The van der Waals surface area contributed by atoms with E-state index in [-0.39, 0.29) is 70.1 Å². The Morgan fingerprint density at radius 2 is 0.818 bits per heavy atom. The molecular formula is C37H58Cl2N2O2Zn. The van der Waals surface area contributed by atoms with Crippen molar-refractivity contribution in [2.75, 3.05) is 5.34 Å². The zero-order valence-electron chi connectivity index (χ0n) is 30.5. The van der Waals surface area contributed by atoms with Crippen LogP contribution in [0.15, 0.2) is 34.3 Å². The predicted molar refractivity (Wildman–Crippen MR) is 189 cm³/mol. The summed E-state index contributed by atoms with van der Waals surface area (Å²) in [6.45, 7) is 33.6. The SMILES string of the molecule is CC(C)N=Cc1cc(C(C)(C)C)cc(C(C)(C)C)c1[O-].CC(C)N=Cc1cc(C(C)(C)C)cc(C(C)(C)C)c1[O-].ClCCl.[Zn+2]. The first-order chi connectivity index (χ1) is 19.3. The van der Waals surface area contributed by atoms with Crippen molar-refractivity contribution in [1.82, 2.24) is 0 Å². The Hall–Kier alpha value is -1.42. The molecule has 0 aliphatic heterocycles. The largest absolute Gasteiger partial charge is 2.00 e. The Labute approximate surface area is 292 Å². The van der Waals surface area contributed by atoms with Crippen LogP contribution in [-0.4, -0.2) is 29.9 Å². The summed E-state index contributed by atoms with van der Waals surface area (Å²) in [6.07, 6.45) is 3.47. The van der Waals surface area contributed by atoms with Crippen molar-refractivity contribution in [2.45, 2.75) is 145 Å². The molecule has 0 bridgehead atoms. The third-order valence-corrected chi connectivity index (χ3v) is 6.61. The Bertz CT molecular complexity index is 1130. The van der Waals surface area contributed by atoms with Crippen LogP contribution in [0.2, 0.25) is 0 Å². The van der Waals surface area contributed by atoms with Gasteiger partial charge in [-0.2, -0.15) is 0 Å². The quantitative estimate of drug-likeness (QED) is 0.181. The fraction of sp³-hybridized carbons (Fsp3) is 0.622. The van der Waals surface area contributed by atoms with Crippen LogP contribution in [0.3, 0.4) is 0 Å². The third-order valence-electron chi connectivity index (χ3n) is 6.61.